The van der Waals surface area contributed by atoms with Crippen molar-refractivity contribution in [2.24, 2.45) is 0 Å². The average Bonchev–Trinajstić information content (AvgIpc) is 2.30. The molecule has 0 aromatic carbocycles. The lowest BCUT2D eigenvalue weighted by Crippen LogP contribution is -2.35. The number of rotatable bonds is 3. The van der Waals surface area contributed by atoms with Gasteiger partial charge in [0.15, 0.2) is 9.84 Å². The second kappa shape index (κ2) is 5.04. The Morgan fingerprint density at radius 2 is 2.26 bits per heavy atom. The van der Waals surface area contributed by atoms with Crippen LogP contribution in [-0.4, -0.2) is 42.0 Å². The van der Waals surface area contributed by atoms with Crippen molar-refractivity contribution in [3.05, 3.63) is 17.8 Å². The molecule has 0 spiro atoms. The number of sulfone groups is 1. The van der Waals surface area contributed by atoms with Crippen molar-refractivity contribution in [2.75, 3.05) is 22.6 Å². The summed E-state index contributed by atoms with van der Waals surface area (Å²) in [6.07, 6.45) is 2.52. The molecule has 7 nitrogen and oxygen atoms in total. The lowest BCUT2D eigenvalue weighted by molar-refractivity contribution is 0.0696. The second-order valence-corrected chi connectivity index (χ2v) is 6.79. The number of hydrogen-bond donors (Lipinski definition) is 3. The second-order valence-electron chi connectivity index (χ2n) is 4.56. The molecule has 0 aliphatic carbocycles. The topological polar surface area (TPSA) is 122 Å². The molecule has 1 aromatic rings. The lowest BCUT2D eigenvalue weighted by atomic mass is 10.2. The van der Waals surface area contributed by atoms with E-state index in [-0.39, 0.29) is 28.8 Å². The molecule has 0 amide bonds. The zero-order valence-electron chi connectivity index (χ0n) is 10.2. The molecule has 1 saturated heterocycles. The Balaban J connectivity index is 2.13. The summed E-state index contributed by atoms with van der Waals surface area (Å²) in [6, 6.07) is 1.07. The monoisotopic (exact) mass is 285 g/mol. The van der Waals surface area contributed by atoms with Crippen molar-refractivity contribution in [1.29, 1.82) is 0 Å². The number of carbonyl (C=O) groups is 1. The van der Waals surface area contributed by atoms with Crippen LogP contribution >= 0.6 is 0 Å². The first kappa shape index (κ1) is 13.6. The third-order valence-corrected chi connectivity index (χ3v) is 4.79. The number of aromatic carboxylic acids is 1. The molecule has 1 atom stereocenters. The van der Waals surface area contributed by atoms with Gasteiger partial charge in [-0.3, -0.25) is 0 Å². The maximum atomic E-state index is 11.5. The molecule has 1 aromatic heterocycles. The predicted molar refractivity (Wildman–Crippen MR) is 70.9 cm³/mol. The maximum absolute atomic E-state index is 11.5. The predicted octanol–water partition coefficient (Wildman–Crippen LogP) is 0.351. The lowest BCUT2D eigenvalue weighted by Gasteiger charge is -2.24. The van der Waals surface area contributed by atoms with Crippen molar-refractivity contribution < 1.29 is 18.3 Å². The Kier molecular flexibility index (Phi) is 3.61. The van der Waals surface area contributed by atoms with Gasteiger partial charge in [0.25, 0.3) is 0 Å². The van der Waals surface area contributed by atoms with Gasteiger partial charge in [-0.1, -0.05) is 0 Å². The molecule has 2 heterocycles. The van der Waals surface area contributed by atoms with Crippen LogP contribution in [0, 0.1) is 0 Å². The molecule has 8 heteroatoms. The summed E-state index contributed by atoms with van der Waals surface area (Å²) in [6.45, 7) is 0. The first-order chi connectivity index (χ1) is 8.87. The van der Waals surface area contributed by atoms with Crippen LogP contribution in [0.1, 0.15) is 23.2 Å². The highest BCUT2D eigenvalue weighted by Gasteiger charge is 2.25. The summed E-state index contributed by atoms with van der Waals surface area (Å²) in [5.74, 6) is -0.515. The molecule has 4 N–H and O–H groups in total. The Morgan fingerprint density at radius 3 is 2.84 bits per heavy atom. The van der Waals surface area contributed by atoms with Crippen molar-refractivity contribution in [3.8, 4) is 0 Å². The molecule has 0 bridgehead atoms. The number of nitrogens with two attached hydrogens (primary N) is 1. The summed E-state index contributed by atoms with van der Waals surface area (Å²) in [5.41, 5.74) is 5.90. The highest BCUT2D eigenvalue weighted by molar-refractivity contribution is 7.91. The summed E-state index contributed by atoms with van der Waals surface area (Å²) < 4.78 is 23.0. The van der Waals surface area contributed by atoms with Gasteiger partial charge in [-0.25, -0.2) is 18.2 Å². The van der Waals surface area contributed by atoms with Gasteiger partial charge in [-0.2, -0.15) is 0 Å². The molecule has 1 aliphatic heterocycles. The van der Waals surface area contributed by atoms with Crippen LogP contribution in [0.15, 0.2) is 12.3 Å². The van der Waals surface area contributed by atoms with E-state index in [1.165, 1.54) is 12.3 Å². The minimum atomic E-state index is -3.01. The number of carboxylic acid groups (broad SMARTS) is 1. The molecule has 104 valence electrons. The Hall–Kier alpha value is -1.83. The summed E-state index contributed by atoms with van der Waals surface area (Å²) in [5, 5.41) is 11.8. The van der Waals surface area contributed by atoms with Crippen molar-refractivity contribution >= 4 is 27.3 Å². The fraction of sp³-hybridized carbons (Fsp3) is 0.455. The van der Waals surface area contributed by atoms with Crippen molar-refractivity contribution in [2.45, 2.75) is 18.9 Å². The Labute approximate surface area is 110 Å². The largest absolute Gasteiger partial charge is 0.478 e. The zero-order chi connectivity index (χ0) is 14.0. The molecular weight excluding hydrogens is 270 g/mol. The number of nitrogen functional groups attached to an aromatic ring is 1. The molecule has 0 saturated carbocycles. The van der Waals surface area contributed by atoms with Gasteiger partial charge in [0.1, 0.15) is 5.82 Å². The number of nitrogens with zero attached hydrogens (tertiary/aromatic N) is 1. The van der Waals surface area contributed by atoms with E-state index < -0.39 is 15.8 Å². The molecule has 1 fully saturated rings. The van der Waals surface area contributed by atoms with Gasteiger partial charge in [-0.05, 0) is 18.9 Å². The van der Waals surface area contributed by atoms with Gasteiger partial charge in [0, 0.05) is 12.2 Å². The van der Waals surface area contributed by atoms with E-state index in [2.05, 4.69) is 10.3 Å². The van der Waals surface area contributed by atoms with Gasteiger partial charge in [0.2, 0.25) is 0 Å². The number of carboxylic acids is 1. The van der Waals surface area contributed by atoms with Crippen LogP contribution in [-0.2, 0) is 9.84 Å². The summed E-state index contributed by atoms with van der Waals surface area (Å²) in [7, 11) is -3.01. The van der Waals surface area contributed by atoms with Crippen LogP contribution in [0.2, 0.25) is 0 Å². The van der Waals surface area contributed by atoms with E-state index in [0.717, 1.165) is 6.42 Å². The molecular formula is C11H15N3O4S. The molecule has 1 unspecified atom stereocenters. The van der Waals surface area contributed by atoms with Crippen LogP contribution < -0.4 is 11.1 Å². The average molecular weight is 285 g/mol. The third kappa shape index (κ3) is 3.34. The first-order valence-electron chi connectivity index (χ1n) is 5.83. The highest BCUT2D eigenvalue weighted by atomic mass is 32.2. The minimum absolute atomic E-state index is 0.000634. The zero-order valence-corrected chi connectivity index (χ0v) is 11.0. The number of hydrogen-bond acceptors (Lipinski definition) is 6. The number of anilines is 2. The van der Waals surface area contributed by atoms with Crippen LogP contribution in [0.5, 0.6) is 0 Å². The Morgan fingerprint density at radius 1 is 1.53 bits per heavy atom. The van der Waals surface area contributed by atoms with E-state index in [1.54, 1.807) is 0 Å². The molecule has 19 heavy (non-hydrogen) atoms. The Bertz CT molecular complexity index is 600. The SMILES string of the molecule is Nc1cc(C(=O)O)cnc1NC1CCCS(=O)(=O)C1. The molecule has 0 radical (unpaired) electrons. The van der Waals surface area contributed by atoms with Crippen LogP contribution in [0.25, 0.3) is 0 Å². The van der Waals surface area contributed by atoms with E-state index in [4.69, 9.17) is 10.8 Å². The number of aromatic nitrogens is 1. The fourth-order valence-corrected chi connectivity index (χ4v) is 3.69. The van der Waals surface area contributed by atoms with Gasteiger partial charge in [-0.15, -0.1) is 0 Å². The van der Waals surface area contributed by atoms with Gasteiger partial charge >= 0.3 is 5.97 Å². The normalized spacial score (nSPS) is 21.8. The minimum Gasteiger partial charge on any atom is -0.478 e. The quantitative estimate of drug-likeness (QED) is 0.732. The van der Waals surface area contributed by atoms with Crippen molar-refractivity contribution in [3.63, 3.8) is 0 Å². The molecule has 2 rings (SSSR count). The summed E-state index contributed by atoms with van der Waals surface area (Å²) >= 11 is 0. The highest BCUT2D eigenvalue weighted by Crippen LogP contribution is 2.21. The standard InChI is InChI=1S/C11H15N3O4S/c12-9-4-7(11(15)16)5-13-10(9)14-8-2-1-3-19(17,18)6-8/h4-5,8H,1-3,6,12H2,(H,13,14)(H,15,16). The van der Waals surface area contributed by atoms with E-state index in [1.807, 2.05) is 0 Å². The van der Waals surface area contributed by atoms with E-state index >= 15 is 0 Å². The smallest absolute Gasteiger partial charge is 0.337 e. The summed E-state index contributed by atoms with van der Waals surface area (Å²) in [4.78, 5) is 14.7. The van der Waals surface area contributed by atoms with Gasteiger partial charge < -0.3 is 16.2 Å². The van der Waals surface area contributed by atoms with E-state index in [9.17, 15) is 13.2 Å². The first-order valence-corrected chi connectivity index (χ1v) is 7.65. The number of nitrogens with one attached hydrogen (secondary N) is 1. The van der Waals surface area contributed by atoms with Crippen LogP contribution in [0.4, 0.5) is 11.5 Å². The van der Waals surface area contributed by atoms with E-state index in [0.29, 0.717) is 12.2 Å². The fourth-order valence-electron chi connectivity index (χ4n) is 2.05. The van der Waals surface area contributed by atoms with Gasteiger partial charge in [0.05, 0.1) is 22.8 Å². The number of pyridine rings is 1. The van der Waals surface area contributed by atoms with Crippen molar-refractivity contribution in [1.82, 2.24) is 4.98 Å². The maximum Gasteiger partial charge on any atom is 0.337 e. The van der Waals surface area contributed by atoms with Crippen LogP contribution in [0.3, 0.4) is 0 Å². The molecule has 1 aliphatic rings. The third-order valence-electron chi connectivity index (χ3n) is 2.97.